The van der Waals surface area contributed by atoms with Gasteiger partial charge in [-0.1, -0.05) is 6.92 Å². The van der Waals surface area contributed by atoms with E-state index in [1.807, 2.05) is 24.5 Å². The highest BCUT2D eigenvalue weighted by Gasteiger charge is 2.41. The van der Waals surface area contributed by atoms with Crippen molar-refractivity contribution in [3.05, 3.63) is 48.9 Å². The van der Waals surface area contributed by atoms with Crippen molar-refractivity contribution in [3.8, 4) is 22.8 Å². The first-order valence-electron chi connectivity index (χ1n) is 11.0. The summed E-state index contributed by atoms with van der Waals surface area (Å²) in [5.41, 5.74) is 3.66. The lowest BCUT2D eigenvalue weighted by Crippen LogP contribution is -2.39. The van der Waals surface area contributed by atoms with Gasteiger partial charge in [0.15, 0.2) is 11.6 Å². The number of aromatic nitrogens is 5. The number of fused-ring (bicyclic) bond motifs is 4. The number of furan rings is 1. The van der Waals surface area contributed by atoms with Gasteiger partial charge in [0.05, 0.1) is 6.26 Å². The van der Waals surface area contributed by atoms with Gasteiger partial charge in [0.2, 0.25) is 0 Å². The van der Waals surface area contributed by atoms with Crippen molar-refractivity contribution in [2.24, 2.45) is 23.7 Å². The van der Waals surface area contributed by atoms with Crippen molar-refractivity contribution in [3.63, 3.8) is 0 Å². The predicted molar refractivity (Wildman–Crippen MR) is 114 cm³/mol. The smallest absolute Gasteiger partial charge is 0.162 e. The van der Waals surface area contributed by atoms with Crippen LogP contribution in [0.25, 0.3) is 33.9 Å². The zero-order chi connectivity index (χ0) is 20.1. The summed E-state index contributed by atoms with van der Waals surface area (Å²) in [5, 5.41) is 0.935. The fourth-order valence-corrected chi connectivity index (χ4v) is 5.79. The molecule has 4 aromatic heterocycles. The van der Waals surface area contributed by atoms with Crippen LogP contribution in [0.5, 0.6) is 0 Å². The summed E-state index contributed by atoms with van der Waals surface area (Å²) < 4.78 is 5.67. The van der Waals surface area contributed by atoms with Crippen molar-refractivity contribution in [1.29, 1.82) is 0 Å². The lowest BCUT2D eigenvalue weighted by Gasteiger charge is -2.47. The number of aromatic amines is 1. The molecule has 4 aromatic rings. The van der Waals surface area contributed by atoms with Crippen molar-refractivity contribution < 1.29 is 4.42 Å². The highest BCUT2D eigenvalue weighted by Crippen LogP contribution is 2.49. The second-order valence-corrected chi connectivity index (χ2v) is 8.93. The number of hydrogen-bond donors (Lipinski definition) is 1. The molecule has 2 atom stereocenters. The van der Waals surface area contributed by atoms with Crippen LogP contribution in [-0.4, -0.2) is 24.9 Å². The Hall–Kier alpha value is -3.02. The average molecular weight is 399 g/mol. The lowest BCUT2D eigenvalue weighted by atomic mass is 9.58. The number of nitrogens with one attached hydrogen (secondary N) is 1. The molecule has 30 heavy (non-hydrogen) atoms. The van der Waals surface area contributed by atoms with Crippen LogP contribution >= 0.6 is 0 Å². The maximum atomic E-state index is 5.67. The molecule has 152 valence electrons. The summed E-state index contributed by atoms with van der Waals surface area (Å²) in [6.45, 7) is 2.45. The van der Waals surface area contributed by atoms with Crippen LogP contribution in [0.2, 0.25) is 0 Å². The monoisotopic (exact) mass is 399 g/mol. The first kappa shape index (κ1) is 17.8. The van der Waals surface area contributed by atoms with Crippen molar-refractivity contribution in [1.82, 2.24) is 24.9 Å². The van der Waals surface area contributed by atoms with Gasteiger partial charge in [0.25, 0.3) is 0 Å². The Labute approximate surface area is 175 Å². The summed E-state index contributed by atoms with van der Waals surface area (Å²) in [6.07, 6.45) is 13.6. The van der Waals surface area contributed by atoms with Gasteiger partial charge in [-0.2, -0.15) is 0 Å². The van der Waals surface area contributed by atoms with Gasteiger partial charge >= 0.3 is 0 Å². The summed E-state index contributed by atoms with van der Waals surface area (Å²) in [6, 6.07) is 5.97. The molecule has 0 aliphatic heterocycles. The molecule has 0 spiro atoms. The average Bonchev–Trinajstić information content (AvgIpc) is 3.47. The molecule has 3 aliphatic carbocycles. The number of nitrogens with zero attached hydrogens (tertiary/aromatic N) is 4. The van der Waals surface area contributed by atoms with E-state index in [4.69, 9.17) is 14.4 Å². The molecule has 1 N–H and O–H groups in total. The predicted octanol–water partition coefficient (Wildman–Crippen LogP) is 5.29. The Morgan fingerprint density at radius 1 is 1.13 bits per heavy atom. The zero-order valence-electron chi connectivity index (χ0n) is 17.1. The highest BCUT2D eigenvalue weighted by atomic mass is 16.3. The Balaban J connectivity index is 1.43. The normalized spacial score (nSPS) is 25.8. The fourth-order valence-electron chi connectivity index (χ4n) is 5.79. The molecule has 7 rings (SSSR count). The van der Waals surface area contributed by atoms with E-state index in [-0.39, 0.29) is 0 Å². The van der Waals surface area contributed by atoms with Crippen LogP contribution in [0.4, 0.5) is 0 Å². The van der Waals surface area contributed by atoms with Gasteiger partial charge in [-0.3, -0.25) is 0 Å². The molecule has 0 aromatic carbocycles. The maximum absolute atomic E-state index is 5.67. The van der Waals surface area contributed by atoms with Crippen LogP contribution in [0, 0.1) is 23.7 Å². The van der Waals surface area contributed by atoms with E-state index in [1.165, 1.54) is 25.7 Å². The Bertz CT molecular complexity index is 1170. The number of H-pyrrole nitrogens is 1. The van der Waals surface area contributed by atoms with Gasteiger partial charge in [-0.25, -0.2) is 19.9 Å². The molecular weight excluding hydrogens is 374 g/mol. The van der Waals surface area contributed by atoms with E-state index in [0.29, 0.717) is 11.7 Å². The van der Waals surface area contributed by atoms with Crippen LogP contribution < -0.4 is 0 Å². The van der Waals surface area contributed by atoms with E-state index in [2.05, 4.69) is 27.9 Å². The third-order valence-electron chi connectivity index (χ3n) is 7.44. The molecule has 3 saturated carbocycles. The van der Waals surface area contributed by atoms with E-state index in [0.717, 1.165) is 57.9 Å². The maximum Gasteiger partial charge on any atom is 0.162 e. The first-order chi connectivity index (χ1) is 14.8. The highest BCUT2D eigenvalue weighted by molar-refractivity contribution is 5.91. The molecule has 3 fully saturated rings. The molecule has 4 heterocycles. The van der Waals surface area contributed by atoms with Crippen molar-refractivity contribution in [2.45, 2.75) is 39.0 Å². The van der Waals surface area contributed by atoms with Gasteiger partial charge in [-0.15, -0.1) is 0 Å². The number of rotatable bonds is 4. The molecular formula is C24H25N5O. The third-order valence-corrected chi connectivity index (χ3v) is 7.44. The van der Waals surface area contributed by atoms with Crippen LogP contribution in [0.3, 0.4) is 0 Å². The Kier molecular flexibility index (Phi) is 4.18. The number of hydrogen-bond acceptors (Lipinski definition) is 5. The largest absolute Gasteiger partial charge is 0.463 e. The molecule has 0 radical (unpaired) electrons. The quantitative estimate of drug-likeness (QED) is 0.504. The first-order valence-corrected chi connectivity index (χ1v) is 11.0. The van der Waals surface area contributed by atoms with Gasteiger partial charge in [0, 0.05) is 29.0 Å². The molecule has 2 unspecified atom stereocenters. The van der Waals surface area contributed by atoms with Crippen LogP contribution in [-0.2, 0) is 6.42 Å². The molecule has 6 nitrogen and oxygen atoms in total. The van der Waals surface area contributed by atoms with E-state index < -0.39 is 0 Å². The Morgan fingerprint density at radius 3 is 2.80 bits per heavy atom. The molecule has 3 aliphatic rings. The third kappa shape index (κ3) is 2.93. The SMILES string of the molecule is CC1C2CCC(CC2)C1Cc1cc(-c2ccco2)nc(-c2c[nH]c3ncncc23)n1. The minimum atomic E-state index is 0.702. The van der Waals surface area contributed by atoms with Gasteiger partial charge in [0.1, 0.15) is 17.7 Å². The second-order valence-electron chi connectivity index (χ2n) is 8.93. The lowest BCUT2D eigenvalue weighted by molar-refractivity contribution is 0.0339. The fraction of sp³-hybridized carbons (Fsp3) is 0.417. The van der Waals surface area contributed by atoms with E-state index >= 15 is 0 Å². The van der Waals surface area contributed by atoms with Crippen molar-refractivity contribution in [2.75, 3.05) is 0 Å². The molecule has 6 heteroatoms. The minimum absolute atomic E-state index is 0.702. The van der Waals surface area contributed by atoms with Gasteiger partial charge in [-0.05, 0) is 74.0 Å². The molecule has 0 amide bonds. The van der Waals surface area contributed by atoms with Crippen molar-refractivity contribution >= 4 is 11.0 Å². The summed E-state index contributed by atoms with van der Waals surface area (Å²) in [5.74, 6) is 4.66. The summed E-state index contributed by atoms with van der Waals surface area (Å²) >= 11 is 0. The van der Waals surface area contributed by atoms with Gasteiger partial charge < -0.3 is 9.40 Å². The minimum Gasteiger partial charge on any atom is -0.463 e. The Morgan fingerprint density at radius 2 is 2.00 bits per heavy atom. The summed E-state index contributed by atoms with van der Waals surface area (Å²) in [7, 11) is 0. The zero-order valence-corrected chi connectivity index (χ0v) is 17.1. The molecule has 2 bridgehead atoms. The van der Waals surface area contributed by atoms with E-state index in [1.54, 1.807) is 12.6 Å². The summed E-state index contributed by atoms with van der Waals surface area (Å²) in [4.78, 5) is 21.6. The standard InChI is InChI=1S/C24H25N5O/c1-14-15-4-6-16(7-5-15)18(14)9-17-10-21(22-3-2-8-30-22)29-24(28-17)20-12-26-23-19(20)11-25-13-27-23/h2-3,8,10-16,18H,4-7,9H2,1H3,(H,25,26,27). The second kappa shape index (κ2) is 7.04. The van der Waals surface area contributed by atoms with E-state index in [9.17, 15) is 0 Å². The van der Waals surface area contributed by atoms with Crippen LogP contribution in [0.1, 0.15) is 38.3 Å². The topological polar surface area (TPSA) is 80.5 Å². The van der Waals surface area contributed by atoms with Crippen LogP contribution in [0.15, 0.2) is 47.6 Å². The molecule has 0 saturated heterocycles.